The molecule has 9 heteroatoms. The summed E-state index contributed by atoms with van der Waals surface area (Å²) in [5.41, 5.74) is 0.550. The van der Waals surface area contributed by atoms with Crippen molar-refractivity contribution in [3.63, 3.8) is 0 Å². The number of nitro benzene ring substituents is 1. The number of hydrogen-bond donors (Lipinski definition) is 2. The molecule has 0 spiro atoms. The number of phenols is 1. The fourth-order valence-corrected chi connectivity index (χ4v) is 2.31. The average Bonchev–Trinajstić information content (AvgIpc) is 2.59. The fraction of sp³-hybridized carbons (Fsp3) is 0. The van der Waals surface area contributed by atoms with E-state index >= 15 is 0 Å². The number of carboxylic acids is 1. The van der Waals surface area contributed by atoms with E-state index in [9.17, 15) is 20.0 Å². The molecule has 2 N–H and O–H groups in total. The van der Waals surface area contributed by atoms with Crippen molar-refractivity contribution in [3.05, 3.63) is 70.3 Å². The molecule has 3 rings (SSSR count). The number of carboxylic acid groups (broad SMARTS) is 1. The number of benzene rings is 3. The number of aromatic carboxylic acids is 1. The van der Waals surface area contributed by atoms with Crippen molar-refractivity contribution in [3.8, 4) is 5.75 Å². The summed E-state index contributed by atoms with van der Waals surface area (Å²) in [7, 11) is 0. The summed E-state index contributed by atoms with van der Waals surface area (Å²) >= 11 is 0. The zero-order valence-electron chi connectivity index (χ0n) is 13.0. The van der Waals surface area contributed by atoms with Gasteiger partial charge in [-0.05, 0) is 35.7 Å². The number of aromatic hydroxyl groups is 1. The van der Waals surface area contributed by atoms with Crippen LogP contribution in [0.4, 0.5) is 17.1 Å². The molecule has 0 unspecified atom stereocenters. The Morgan fingerprint density at radius 1 is 1.04 bits per heavy atom. The minimum Gasteiger partial charge on any atom is -0.507 e. The summed E-state index contributed by atoms with van der Waals surface area (Å²) in [4.78, 5) is 21.3. The molecule has 0 bridgehead atoms. The molecule has 1 radical (unpaired) electrons. The van der Waals surface area contributed by atoms with Crippen LogP contribution in [0.15, 0.2) is 64.8 Å². The molecule has 3 aromatic carbocycles. The number of carbonyl (C=O) groups is 1. The van der Waals surface area contributed by atoms with E-state index in [1.54, 1.807) is 18.2 Å². The van der Waals surface area contributed by atoms with Crippen molar-refractivity contribution in [2.45, 2.75) is 0 Å². The number of fused-ring (bicyclic) bond motifs is 1. The number of nitrogens with zero attached hydrogens (tertiary/aromatic N) is 3. The first-order chi connectivity index (χ1) is 12.0. The first kappa shape index (κ1) is 19.0. The Balaban J connectivity index is 0.00000243. The van der Waals surface area contributed by atoms with E-state index in [1.807, 2.05) is 0 Å². The van der Waals surface area contributed by atoms with E-state index < -0.39 is 10.9 Å². The molecule has 0 aliphatic heterocycles. The van der Waals surface area contributed by atoms with E-state index in [1.165, 1.54) is 36.4 Å². The van der Waals surface area contributed by atoms with Gasteiger partial charge >= 0.3 is 23.0 Å². The maximum Gasteiger partial charge on any atom is 2.00 e. The maximum atomic E-state index is 11.2. The van der Waals surface area contributed by atoms with Crippen molar-refractivity contribution in [2.75, 3.05) is 0 Å². The summed E-state index contributed by atoms with van der Waals surface area (Å²) in [5.74, 6) is -1.58. The van der Waals surface area contributed by atoms with E-state index in [0.717, 1.165) is 0 Å². The number of non-ortho nitro benzene ring substituents is 1. The number of nitro groups is 1. The van der Waals surface area contributed by atoms with Gasteiger partial charge in [-0.3, -0.25) is 10.1 Å². The van der Waals surface area contributed by atoms with Crippen LogP contribution in [0.25, 0.3) is 10.8 Å². The smallest absolute Gasteiger partial charge is 0.507 e. The third-order valence-corrected chi connectivity index (χ3v) is 3.54. The molecule has 0 amide bonds. The van der Waals surface area contributed by atoms with Gasteiger partial charge in [-0.25, -0.2) is 4.79 Å². The van der Waals surface area contributed by atoms with E-state index in [0.29, 0.717) is 22.1 Å². The van der Waals surface area contributed by atoms with Gasteiger partial charge < -0.3 is 10.2 Å². The van der Waals surface area contributed by atoms with Crippen molar-refractivity contribution < 1.29 is 37.0 Å². The SMILES string of the molecule is O=C(O)c1cc2c(N=Nc3ccc([N+](=O)[O-])cc3)cccc2cc1O.[Cu+2]. The third-order valence-electron chi connectivity index (χ3n) is 3.54. The standard InChI is InChI=1S/C17H11N3O5.Cu/c21-16-8-10-2-1-3-15(13(10)9-14(16)17(22)23)19-18-11-4-6-12(7-5-11)20(24)25;/h1-9,21H,(H,22,23);/q;+2. The van der Waals surface area contributed by atoms with Crippen LogP contribution in [0, 0.1) is 10.1 Å². The number of azo groups is 1. The molecule has 26 heavy (non-hydrogen) atoms. The summed E-state index contributed by atoms with van der Waals surface area (Å²) in [6.45, 7) is 0. The Morgan fingerprint density at radius 3 is 2.35 bits per heavy atom. The predicted octanol–water partition coefficient (Wildman–Crippen LogP) is 4.56. The molecule has 0 fully saturated rings. The Hall–Kier alpha value is -3.29. The average molecular weight is 401 g/mol. The van der Waals surface area contributed by atoms with Crippen LogP contribution in [-0.2, 0) is 17.1 Å². The fourth-order valence-electron chi connectivity index (χ4n) is 2.31. The monoisotopic (exact) mass is 400 g/mol. The van der Waals surface area contributed by atoms with Crippen LogP contribution in [0.3, 0.4) is 0 Å². The molecule has 0 atom stereocenters. The molecule has 0 saturated heterocycles. The summed E-state index contributed by atoms with van der Waals surface area (Å²) in [5, 5.41) is 38.8. The predicted molar refractivity (Wildman–Crippen MR) is 89.8 cm³/mol. The molecular weight excluding hydrogens is 390 g/mol. The van der Waals surface area contributed by atoms with Crippen molar-refractivity contribution in [1.82, 2.24) is 0 Å². The van der Waals surface area contributed by atoms with Gasteiger partial charge in [-0.15, -0.1) is 5.11 Å². The topological polar surface area (TPSA) is 125 Å². The Bertz CT molecular complexity index is 1020. The van der Waals surface area contributed by atoms with Crippen LogP contribution in [-0.4, -0.2) is 21.1 Å². The minimum atomic E-state index is -1.25. The van der Waals surface area contributed by atoms with Crippen molar-refractivity contribution in [2.24, 2.45) is 10.2 Å². The van der Waals surface area contributed by atoms with Crippen molar-refractivity contribution in [1.29, 1.82) is 0 Å². The maximum absolute atomic E-state index is 11.2. The molecule has 0 saturated carbocycles. The molecular formula is C17H11CuN3O5+2. The normalized spacial score (nSPS) is 10.6. The first-order valence-corrected chi connectivity index (χ1v) is 7.11. The summed E-state index contributed by atoms with van der Waals surface area (Å²) in [6.07, 6.45) is 0. The van der Waals surface area contributed by atoms with Gasteiger partial charge in [0, 0.05) is 17.5 Å². The minimum absolute atomic E-state index is 0. The zero-order chi connectivity index (χ0) is 18.0. The van der Waals surface area contributed by atoms with Crippen LogP contribution >= 0.6 is 0 Å². The Morgan fingerprint density at radius 2 is 1.73 bits per heavy atom. The van der Waals surface area contributed by atoms with Crippen molar-refractivity contribution >= 4 is 33.8 Å². The van der Waals surface area contributed by atoms with Crippen LogP contribution in [0.5, 0.6) is 5.75 Å². The largest absolute Gasteiger partial charge is 2.00 e. The summed E-state index contributed by atoms with van der Waals surface area (Å²) < 4.78 is 0. The van der Waals surface area contributed by atoms with Gasteiger partial charge in [0.05, 0.1) is 16.3 Å². The van der Waals surface area contributed by atoms with Gasteiger partial charge in [0.1, 0.15) is 11.3 Å². The van der Waals surface area contributed by atoms with Gasteiger partial charge in [0.25, 0.3) is 5.69 Å². The van der Waals surface area contributed by atoms with Crippen LogP contribution < -0.4 is 0 Å². The molecule has 133 valence electrons. The van der Waals surface area contributed by atoms with Gasteiger partial charge in [0.2, 0.25) is 0 Å². The number of rotatable bonds is 4. The molecule has 0 heterocycles. The van der Waals surface area contributed by atoms with Crippen LogP contribution in [0.1, 0.15) is 10.4 Å². The second kappa shape index (κ2) is 7.73. The van der Waals surface area contributed by atoms with Gasteiger partial charge in [0.15, 0.2) is 0 Å². The van der Waals surface area contributed by atoms with E-state index in [2.05, 4.69) is 10.2 Å². The van der Waals surface area contributed by atoms with E-state index in [-0.39, 0.29) is 34.1 Å². The second-order valence-electron chi connectivity index (χ2n) is 5.15. The second-order valence-corrected chi connectivity index (χ2v) is 5.15. The molecule has 0 aliphatic rings. The zero-order valence-corrected chi connectivity index (χ0v) is 13.9. The molecule has 8 nitrogen and oxygen atoms in total. The molecule has 0 aromatic heterocycles. The first-order valence-electron chi connectivity index (χ1n) is 7.11. The van der Waals surface area contributed by atoms with Gasteiger partial charge in [-0.1, -0.05) is 12.1 Å². The third kappa shape index (κ3) is 3.85. The molecule has 3 aromatic rings. The molecule has 0 aliphatic carbocycles. The van der Waals surface area contributed by atoms with Crippen LogP contribution in [0.2, 0.25) is 0 Å². The quantitative estimate of drug-likeness (QED) is 0.287. The Kier molecular flexibility index (Phi) is 5.66. The van der Waals surface area contributed by atoms with E-state index in [4.69, 9.17) is 5.11 Å². The summed E-state index contributed by atoms with van der Waals surface area (Å²) in [6, 6.07) is 13.3. The van der Waals surface area contributed by atoms with Gasteiger partial charge in [-0.2, -0.15) is 5.11 Å². The number of hydrogen-bond acceptors (Lipinski definition) is 6. The Labute approximate surface area is 157 Å².